The van der Waals surface area contributed by atoms with Crippen LogP contribution in [0.2, 0.25) is 0 Å². The molecule has 2 fully saturated rings. The lowest BCUT2D eigenvalue weighted by Gasteiger charge is -2.35. The first-order valence-electron chi connectivity index (χ1n) is 11.8. The zero-order chi connectivity index (χ0) is 20.0. The zero-order valence-corrected chi connectivity index (χ0v) is 18.8. The predicted octanol–water partition coefficient (Wildman–Crippen LogP) is 7.03. The standard InChI is InChI=1S/C26H42O2/c1-25(2,27-23-15-7-5-8-16-23)19-21-13-11-12-14-22(21)20-26(3,4)28-24-17-9-6-10-18-24/h11-14,23-24H,5-10,15-20H2,1-4H3. The first-order chi connectivity index (χ1) is 13.3. The van der Waals surface area contributed by atoms with Crippen molar-refractivity contribution in [3.05, 3.63) is 35.4 Å². The van der Waals surface area contributed by atoms with E-state index in [1.54, 1.807) is 0 Å². The summed E-state index contributed by atoms with van der Waals surface area (Å²) in [5, 5.41) is 0. The maximum absolute atomic E-state index is 6.56. The van der Waals surface area contributed by atoms with Crippen LogP contribution in [0.4, 0.5) is 0 Å². The van der Waals surface area contributed by atoms with Gasteiger partial charge in [0.15, 0.2) is 0 Å². The number of benzene rings is 1. The van der Waals surface area contributed by atoms with Gasteiger partial charge in [-0.05, 0) is 64.5 Å². The summed E-state index contributed by atoms with van der Waals surface area (Å²) >= 11 is 0. The summed E-state index contributed by atoms with van der Waals surface area (Å²) in [6.07, 6.45) is 15.8. The Balaban J connectivity index is 1.62. The maximum atomic E-state index is 6.56. The van der Waals surface area contributed by atoms with E-state index < -0.39 is 0 Å². The van der Waals surface area contributed by atoms with Crippen molar-refractivity contribution in [3.8, 4) is 0 Å². The molecule has 0 amide bonds. The summed E-state index contributed by atoms with van der Waals surface area (Å²) < 4.78 is 13.1. The van der Waals surface area contributed by atoms with Gasteiger partial charge in [0.25, 0.3) is 0 Å². The van der Waals surface area contributed by atoms with Crippen molar-refractivity contribution in [2.45, 2.75) is 128 Å². The van der Waals surface area contributed by atoms with Gasteiger partial charge < -0.3 is 9.47 Å². The van der Waals surface area contributed by atoms with Crippen LogP contribution in [-0.4, -0.2) is 23.4 Å². The minimum absolute atomic E-state index is 0.119. The molecule has 0 aliphatic heterocycles. The highest BCUT2D eigenvalue weighted by Gasteiger charge is 2.29. The highest BCUT2D eigenvalue weighted by molar-refractivity contribution is 5.29. The van der Waals surface area contributed by atoms with Gasteiger partial charge in [-0.25, -0.2) is 0 Å². The Morgan fingerprint density at radius 3 is 1.36 bits per heavy atom. The third-order valence-electron chi connectivity index (χ3n) is 6.43. The van der Waals surface area contributed by atoms with Crippen LogP contribution < -0.4 is 0 Å². The summed E-state index contributed by atoms with van der Waals surface area (Å²) in [6.45, 7) is 9.06. The third kappa shape index (κ3) is 6.88. The molecule has 0 atom stereocenters. The fourth-order valence-electron chi connectivity index (χ4n) is 5.17. The molecule has 0 N–H and O–H groups in total. The smallest absolute Gasteiger partial charge is 0.0670 e. The second-order valence-electron chi connectivity index (χ2n) is 10.4. The minimum atomic E-state index is -0.119. The van der Waals surface area contributed by atoms with Crippen molar-refractivity contribution in [2.24, 2.45) is 0 Å². The van der Waals surface area contributed by atoms with Crippen LogP contribution in [0.3, 0.4) is 0 Å². The van der Waals surface area contributed by atoms with E-state index in [0.717, 1.165) is 12.8 Å². The average Bonchev–Trinajstić information content (AvgIpc) is 2.64. The van der Waals surface area contributed by atoms with E-state index in [1.807, 2.05) is 0 Å². The molecule has 0 unspecified atom stereocenters. The molecule has 0 bridgehead atoms. The molecular weight excluding hydrogens is 344 g/mol. The summed E-state index contributed by atoms with van der Waals surface area (Å²) in [6, 6.07) is 8.92. The van der Waals surface area contributed by atoms with E-state index in [0.29, 0.717) is 12.2 Å². The highest BCUT2D eigenvalue weighted by Crippen LogP contribution is 2.31. The SMILES string of the molecule is CC(C)(Cc1ccccc1CC(C)(C)OC1CCCCC1)OC1CCCCC1. The van der Waals surface area contributed by atoms with E-state index in [1.165, 1.54) is 75.3 Å². The molecule has 0 radical (unpaired) electrons. The average molecular weight is 387 g/mol. The fourth-order valence-corrected chi connectivity index (χ4v) is 5.17. The molecule has 0 spiro atoms. The Morgan fingerprint density at radius 1 is 0.643 bits per heavy atom. The molecule has 3 rings (SSSR count). The summed E-state index contributed by atoms with van der Waals surface area (Å²) in [5.74, 6) is 0. The predicted molar refractivity (Wildman–Crippen MR) is 118 cm³/mol. The number of hydrogen-bond donors (Lipinski definition) is 0. The minimum Gasteiger partial charge on any atom is -0.372 e. The number of hydrogen-bond acceptors (Lipinski definition) is 2. The third-order valence-corrected chi connectivity index (χ3v) is 6.43. The molecular formula is C26H42O2. The van der Waals surface area contributed by atoms with Crippen molar-refractivity contribution in [1.29, 1.82) is 0 Å². The van der Waals surface area contributed by atoms with Gasteiger partial charge in [0, 0.05) is 12.8 Å². The van der Waals surface area contributed by atoms with Crippen LogP contribution in [0.25, 0.3) is 0 Å². The summed E-state index contributed by atoms with van der Waals surface area (Å²) in [4.78, 5) is 0. The van der Waals surface area contributed by atoms with Crippen LogP contribution in [0.5, 0.6) is 0 Å². The van der Waals surface area contributed by atoms with Gasteiger partial charge in [-0.15, -0.1) is 0 Å². The van der Waals surface area contributed by atoms with Gasteiger partial charge in [-0.1, -0.05) is 62.8 Å². The molecule has 158 valence electrons. The van der Waals surface area contributed by atoms with Crippen LogP contribution in [0.1, 0.15) is 103 Å². The van der Waals surface area contributed by atoms with Crippen molar-refractivity contribution in [1.82, 2.24) is 0 Å². The quantitative estimate of drug-likeness (QED) is 0.477. The summed E-state index contributed by atoms with van der Waals surface area (Å²) in [7, 11) is 0. The Labute approximate surface area is 173 Å². The van der Waals surface area contributed by atoms with E-state index >= 15 is 0 Å². The summed E-state index contributed by atoms with van der Waals surface area (Å²) in [5.41, 5.74) is 2.60. The molecule has 0 heterocycles. The molecule has 2 aliphatic carbocycles. The molecule has 28 heavy (non-hydrogen) atoms. The lowest BCUT2D eigenvalue weighted by Crippen LogP contribution is -2.36. The van der Waals surface area contributed by atoms with Crippen LogP contribution in [0, 0.1) is 0 Å². The van der Waals surface area contributed by atoms with Gasteiger partial charge in [-0.2, -0.15) is 0 Å². The van der Waals surface area contributed by atoms with Gasteiger partial charge >= 0.3 is 0 Å². The first kappa shape index (κ1) is 21.8. The normalized spacial score (nSPS) is 20.4. The van der Waals surface area contributed by atoms with Crippen LogP contribution >= 0.6 is 0 Å². The van der Waals surface area contributed by atoms with Gasteiger partial charge in [0.2, 0.25) is 0 Å². The first-order valence-corrected chi connectivity index (χ1v) is 11.8. The molecule has 1 aromatic carbocycles. The maximum Gasteiger partial charge on any atom is 0.0670 e. The van der Waals surface area contributed by atoms with Gasteiger partial charge in [-0.3, -0.25) is 0 Å². The van der Waals surface area contributed by atoms with E-state index in [2.05, 4.69) is 52.0 Å². The molecule has 2 aliphatic rings. The molecule has 2 nitrogen and oxygen atoms in total. The Morgan fingerprint density at radius 2 is 1.00 bits per heavy atom. The van der Waals surface area contributed by atoms with E-state index in [-0.39, 0.29) is 11.2 Å². The fraction of sp³-hybridized carbons (Fsp3) is 0.769. The molecule has 2 saturated carbocycles. The number of rotatable bonds is 8. The van der Waals surface area contributed by atoms with Crippen LogP contribution in [0.15, 0.2) is 24.3 Å². The van der Waals surface area contributed by atoms with E-state index in [4.69, 9.17) is 9.47 Å². The van der Waals surface area contributed by atoms with Gasteiger partial charge in [0.1, 0.15) is 0 Å². The van der Waals surface area contributed by atoms with Crippen LogP contribution in [-0.2, 0) is 22.3 Å². The zero-order valence-electron chi connectivity index (χ0n) is 18.8. The Hall–Kier alpha value is -0.860. The second-order valence-corrected chi connectivity index (χ2v) is 10.4. The van der Waals surface area contributed by atoms with Crippen molar-refractivity contribution in [3.63, 3.8) is 0 Å². The highest BCUT2D eigenvalue weighted by atomic mass is 16.5. The lowest BCUT2D eigenvalue weighted by molar-refractivity contribution is -0.0869. The van der Waals surface area contributed by atoms with Gasteiger partial charge in [0.05, 0.1) is 23.4 Å². The lowest BCUT2D eigenvalue weighted by atomic mass is 9.88. The topological polar surface area (TPSA) is 18.5 Å². The molecule has 1 aromatic rings. The molecule has 0 aromatic heterocycles. The van der Waals surface area contributed by atoms with E-state index in [9.17, 15) is 0 Å². The molecule has 0 saturated heterocycles. The molecule has 2 heteroatoms. The number of ether oxygens (including phenoxy) is 2. The van der Waals surface area contributed by atoms with Crippen molar-refractivity contribution in [2.75, 3.05) is 0 Å². The van der Waals surface area contributed by atoms with Crippen molar-refractivity contribution >= 4 is 0 Å². The largest absolute Gasteiger partial charge is 0.372 e. The monoisotopic (exact) mass is 386 g/mol. The Bertz CT molecular complexity index is 539. The second kappa shape index (κ2) is 9.76. The Kier molecular flexibility index (Phi) is 7.61. The van der Waals surface area contributed by atoms with Crippen molar-refractivity contribution < 1.29 is 9.47 Å².